The van der Waals surface area contributed by atoms with E-state index in [0.717, 1.165) is 5.75 Å². The number of carbonyl (C=O) groups excluding carboxylic acids is 1. The number of carbonyl (C=O) groups is 1. The third kappa shape index (κ3) is 4.14. The molecule has 0 heterocycles. The molecule has 98 valence electrons. The van der Waals surface area contributed by atoms with E-state index >= 15 is 0 Å². The Labute approximate surface area is 112 Å². The first-order valence-corrected chi connectivity index (χ1v) is 6.19. The summed E-state index contributed by atoms with van der Waals surface area (Å²) < 4.78 is 10.8. The summed E-state index contributed by atoms with van der Waals surface area (Å²) in [6.45, 7) is 2.09. The normalized spacial score (nSPS) is 11.6. The van der Waals surface area contributed by atoms with Crippen molar-refractivity contribution in [1.29, 1.82) is 0 Å². The molecule has 0 aliphatic rings. The van der Waals surface area contributed by atoms with Gasteiger partial charge in [-0.1, -0.05) is 36.4 Å². The summed E-state index contributed by atoms with van der Waals surface area (Å²) in [6.07, 6.45) is -0.185. The summed E-state index contributed by atoms with van der Waals surface area (Å²) in [4.78, 5) is 11.7. The van der Waals surface area contributed by atoms with Crippen LogP contribution in [0.4, 0.5) is 0 Å². The molecule has 2 rings (SSSR count). The Kier molecular flexibility index (Phi) is 4.56. The molecule has 0 spiro atoms. The maximum absolute atomic E-state index is 11.7. The topological polar surface area (TPSA) is 35.5 Å². The van der Waals surface area contributed by atoms with E-state index in [1.165, 1.54) is 0 Å². The highest BCUT2D eigenvalue weighted by Gasteiger charge is 2.10. The number of esters is 1. The zero-order valence-electron chi connectivity index (χ0n) is 10.8. The zero-order valence-corrected chi connectivity index (χ0v) is 10.8. The molecule has 1 atom stereocenters. The maximum atomic E-state index is 11.7. The molecule has 2 aromatic carbocycles. The second-order valence-electron chi connectivity index (χ2n) is 4.21. The van der Waals surface area contributed by atoms with Crippen molar-refractivity contribution in [3.8, 4) is 5.75 Å². The Morgan fingerprint density at radius 2 is 1.58 bits per heavy atom. The Morgan fingerprint density at radius 3 is 2.21 bits per heavy atom. The van der Waals surface area contributed by atoms with Crippen molar-refractivity contribution in [1.82, 2.24) is 0 Å². The maximum Gasteiger partial charge on any atom is 0.338 e. The predicted molar refractivity (Wildman–Crippen MR) is 73.3 cm³/mol. The molecule has 0 aliphatic carbocycles. The average Bonchev–Trinajstić information content (AvgIpc) is 2.47. The Bertz CT molecular complexity index is 508. The van der Waals surface area contributed by atoms with E-state index in [0.29, 0.717) is 5.56 Å². The van der Waals surface area contributed by atoms with E-state index in [9.17, 15) is 4.79 Å². The minimum atomic E-state index is -0.330. The van der Waals surface area contributed by atoms with E-state index in [1.807, 2.05) is 43.3 Å². The van der Waals surface area contributed by atoms with Crippen LogP contribution in [0, 0.1) is 0 Å². The Morgan fingerprint density at radius 1 is 1.00 bits per heavy atom. The molecule has 0 amide bonds. The molecule has 3 nitrogen and oxygen atoms in total. The summed E-state index contributed by atoms with van der Waals surface area (Å²) >= 11 is 0. The molecule has 3 heteroatoms. The molecular formula is C16H16O3. The first-order valence-electron chi connectivity index (χ1n) is 6.19. The minimum Gasteiger partial charge on any atom is -0.487 e. The first kappa shape index (κ1) is 13.1. The smallest absolute Gasteiger partial charge is 0.338 e. The number of benzene rings is 2. The zero-order chi connectivity index (χ0) is 13.5. The predicted octanol–water partition coefficient (Wildman–Crippen LogP) is 3.31. The van der Waals surface area contributed by atoms with Gasteiger partial charge < -0.3 is 9.47 Å². The highest BCUT2D eigenvalue weighted by atomic mass is 16.6. The molecule has 0 N–H and O–H groups in total. The van der Waals surface area contributed by atoms with Crippen molar-refractivity contribution in [3.63, 3.8) is 0 Å². The fourth-order valence-electron chi connectivity index (χ4n) is 1.62. The number of rotatable bonds is 5. The second kappa shape index (κ2) is 6.59. The molecular weight excluding hydrogens is 240 g/mol. The molecule has 2 aromatic rings. The number of para-hydroxylation sites is 1. The molecule has 1 unspecified atom stereocenters. The van der Waals surface area contributed by atoms with Crippen molar-refractivity contribution in [2.24, 2.45) is 0 Å². The molecule has 0 radical (unpaired) electrons. The van der Waals surface area contributed by atoms with Gasteiger partial charge in [-0.15, -0.1) is 0 Å². The SMILES string of the molecule is CC(COC(=O)c1ccccc1)Oc1ccccc1. The van der Waals surface area contributed by atoms with Gasteiger partial charge >= 0.3 is 5.97 Å². The number of hydrogen-bond donors (Lipinski definition) is 0. The van der Waals surface area contributed by atoms with Gasteiger partial charge in [0.1, 0.15) is 18.5 Å². The number of hydrogen-bond acceptors (Lipinski definition) is 3. The van der Waals surface area contributed by atoms with Crippen molar-refractivity contribution in [2.45, 2.75) is 13.0 Å². The van der Waals surface area contributed by atoms with E-state index in [-0.39, 0.29) is 18.7 Å². The average molecular weight is 256 g/mol. The van der Waals surface area contributed by atoms with Crippen LogP contribution in [-0.4, -0.2) is 18.7 Å². The van der Waals surface area contributed by atoms with Crippen LogP contribution in [-0.2, 0) is 4.74 Å². The van der Waals surface area contributed by atoms with Gasteiger partial charge in [-0.2, -0.15) is 0 Å². The van der Waals surface area contributed by atoms with Crippen molar-refractivity contribution < 1.29 is 14.3 Å². The fraction of sp³-hybridized carbons (Fsp3) is 0.188. The lowest BCUT2D eigenvalue weighted by Gasteiger charge is -2.14. The van der Waals surface area contributed by atoms with Crippen LogP contribution in [0.1, 0.15) is 17.3 Å². The summed E-state index contributed by atoms with van der Waals surface area (Å²) in [6, 6.07) is 18.4. The van der Waals surface area contributed by atoms with Crippen LogP contribution in [0.25, 0.3) is 0 Å². The first-order chi connectivity index (χ1) is 9.25. The van der Waals surface area contributed by atoms with Crippen LogP contribution >= 0.6 is 0 Å². The highest BCUT2D eigenvalue weighted by Crippen LogP contribution is 2.11. The van der Waals surface area contributed by atoms with Crippen molar-refractivity contribution >= 4 is 5.97 Å². The molecule has 0 aromatic heterocycles. The molecule has 0 saturated heterocycles. The second-order valence-corrected chi connectivity index (χ2v) is 4.21. The fourth-order valence-corrected chi connectivity index (χ4v) is 1.62. The largest absolute Gasteiger partial charge is 0.487 e. The van der Waals surface area contributed by atoms with E-state index in [1.54, 1.807) is 24.3 Å². The van der Waals surface area contributed by atoms with Gasteiger partial charge in [0, 0.05) is 0 Å². The lowest BCUT2D eigenvalue weighted by atomic mass is 10.2. The Hall–Kier alpha value is -2.29. The molecule has 0 fully saturated rings. The van der Waals surface area contributed by atoms with Crippen molar-refractivity contribution in [3.05, 3.63) is 66.2 Å². The quantitative estimate of drug-likeness (QED) is 0.770. The highest BCUT2D eigenvalue weighted by molar-refractivity contribution is 5.89. The molecule has 0 aliphatic heterocycles. The van der Waals surface area contributed by atoms with Gasteiger partial charge in [0.2, 0.25) is 0 Å². The third-order valence-electron chi connectivity index (χ3n) is 2.54. The van der Waals surface area contributed by atoms with E-state index in [4.69, 9.17) is 9.47 Å². The standard InChI is InChI=1S/C16H16O3/c1-13(19-15-10-6-3-7-11-15)12-18-16(17)14-8-4-2-5-9-14/h2-11,13H,12H2,1H3. The molecule has 0 bridgehead atoms. The van der Waals surface area contributed by atoms with Gasteiger partial charge in [-0.05, 0) is 31.2 Å². The number of ether oxygens (including phenoxy) is 2. The van der Waals surface area contributed by atoms with Crippen molar-refractivity contribution in [2.75, 3.05) is 6.61 Å². The van der Waals surface area contributed by atoms with Crippen LogP contribution in [0.3, 0.4) is 0 Å². The lowest BCUT2D eigenvalue weighted by molar-refractivity contribution is 0.0341. The van der Waals surface area contributed by atoms with Gasteiger partial charge in [0.05, 0.1) is 5.56 Å². The van der Waals surface area contributed by atoms with Gasteiger partial charge in [-0.3, -0.25) is 0 Å². The third-order valence-corrected chi connectivity index (χ3v) is 2.54. The van der Waals surface area contributed by atoms with Crippen LogP contribution in [0.15, 0.2) is 60.7 Å². The van der Waals surface area contributed by atoms with Gasteiger partial charge in [0.25, 0.3) is 0 Å². The van der Waals surface area contributed by atoms with Crippen LogP contribution in [0.2, 0.25) is 0 Å². The monoisotopic (exact) mass is 256 g/mol. The summed E-state index contributed by atoms with van der Waals surface area (Å²) in [5.41, 5.74) is 0.550. The minimum absolute atomic E-state index is 0.185. The van der Waals surface area contributed by atoms with E-state index in [2.05, 4.69) is 0 Å². The molecule has 19 heavy (non-hydrogen) atoms. The van der Waals surface area contributed by atoms with Crippen LogP contribution < -0.4 is 4.74 Å². The summed E-state index contributed by atoms with van der Waals surface area (Å²) in [5, 5.41) is 0. The molecule has 0 saturated carbocycles. The van der Waals surface area contributed by atoms with Gasteiger partial charge in [-0.25, -0.2) is 4.79 Å². The summed E-state index contributed by atoms with van der Waals surface area (Å²) in [5.74, 6) is 0.440. The lowest BCUT2D eigenvalue weighted by Crippen LogP contribution is -2.21. The Balaban J connectivity index is 1.81. The van der Waals surface area contributed by atoms with Gasteiger partial charge in [0.15, 0.2) is 0 Å². The summed E-state index contributed by atoms with van der Waals surface area (Å²) in [7, 11) is 0. The van der Waals surface area contributed by atoms with Crippen LogP contribution in [0.5, 0.6) is 5.75 Å². The van der Waals surface area contributed by atoms with E-state index < -0.39 is 0 Å².